The summed E-state index contributed by atoms with van der Waals surface area (Å²) in [5.41, 5.74) is 0.443. The summed E-state index contributed by atoms with van der Waals surface area (Å²) in [6.45, 7) is 0.613. The second-order valence-electron chi connectivity index (χ2n) is 4.54. The molecule has 1 amide bonds. The summed E-state index contributed by atoms with van der Waals surface area (Å²) >= 11 is 13.4. The predicted molar refractivity (Wildman–Crippen MR) is 90.1 cm³/mol. The summed E-state index contributed by atoms with van der Waals surface area (Å²) in [6.07, 6.45) is 1.65. The van der Waals surface area contributed by atoms with Crippen LogP contribution in [0.5, 0.6) is 0 Å². The van der Waals surface area contributed by atoms with Gasteiger partial charge in [-0.3, -0.25) is 4.79 Å². The maximum Gasteiger partial charge on any atom is 0.256 e. The Balaban J connectivity index is 1.77. The van der Waals surface area contributed by atoms with Crippen LogP contribution in [-0.4, -0.2) is 15.7 Å². The molecule has 7 heteroatoms. The first-order valence-corrected chi connectivity index (χ1v) is 8.07. The zero-order chi connectivity index (χ0) is 15.5. The van der Waals surface area contributed by atoms with Gasteiger partial charge in [-0.1, -0.05) is 29.3 Å². The molecule has 0 aliphatic carbocycles. The van der Waals surface area contributed by atoms with E-state index in [0.29, 0.717) is 28.0 Å². The van der Waals surface area contributed by atoms with Crippen LogP contribution in [0.3, 0.4) is 0 Å². The molecular formula is C15H11Cl2N3OS. The van der Waals surface area contributed by atoms with Gasteiger partial charge in [-0.15, -0.1) is 11.3 Å². The number of carbonyl (C=O) groups excluding carboxylic acids is 1. The molecule has 1 aromatic carbocycles. The summed E-state index contributed by atoms with van der Waals surface area (Å²) in [6, 6.07) is 10.5. The Labute approximate surface area is 141 Å². The van der Waals surface area contributed by atoms with Gasteiger partial charge >= 0.3 is 0 Å². The molecule has 3 aromatic rings. The van der Waals surface area contributed by atoms with Gasteiger partial charge in [0.05, 0.1) is 22.8 Å². The van der Waals surface area contributed by atoms with Crippen molar-refractivity contribution in [3.8, 4) is 0 Å². The lowest BCUT2D eigenvalue weighted by Gasteiger charge is -2.08. The van der Waals surface area contributed by atoms with Crippen molar-refractivity contribution >= 4 is 46.3 Å². The van der Waals surface area contributed by atoms with Crippen LogP contribution in [0, 0.1) is 0 Å². The number of amides is 1. The zero-order valence-electron chi connectivity index (χ0n) is 11.3. The first-order valence-electron chi connectivity index (χ1n) is 6.44. The maximum atomic E-state index is 12.3. The molecule has 0 radical (unpaired) electrons. The Bertz CT molecular complexity index is 799. The summed E-state index contributed by atoms with van der Waals surface area (Å²) in [5.74, 6) is 0.371. The van der Waals surface area contributed by atoms with Gasteiger partial charge in [0.2, 0.25) is 0 Å². The van der Waals surface area contributed by atoms with Gasteiger partial charge in [-0.2, -0.15) is 5.10 Å². The van der Waals surface area contributed by atoms with Gasteiger partial charge in [-0.25, -0.2) is 4.68 Å². The lowest BCUT2D eigenvalue weighted by molar-refractivity contribution is 0.102. The fourth-order valence-electron chi connectivity index (χ4n) is 1.94. The van der Waals surface area contributed by atoms with Crippen molar-refractivity contribution in [1.82, 2.24) is 9.78 Å². The molecule has 0 spiro atoms. The first kappa shape index (κ1) is 15.1. The van der Waals surface area contributed by atoms with Crippen molar-refractivity contribution in [2.45, 2.75) is 6.54 Å². The minimum atomic E-state index is -0.258. The van der Waals surface area contributed by atoms with E-state index in [4.69, 9.17) is 23.2 Å². The number of carbonyl (C=O) groups is 1. The number of halogens is 2. The van der Waals surface area contributed by atoms with E-state index in [1.807, 2.05) is 17.5 Å². The van der Waals surface area contributed by atoms with Crippen molar-refractivity contribution in [2.24, 2.45) is 0 Å². The van der Waals surface area contributed by atoms with E-state index >= 15 is 0 Å². The SMILES string of the molecule is O=C(Nc1ccnn1Cc1cccs1)c1ccc(Cl)c(Cl)c1. The highest BCUT2D eigenvalue weighted by Crippen LogP contribution is 2.23. The van der Waals surface area contributed by atoms with Gasteiger partial charge in [0.1, 0.15) is 5.82 Å². The molecule has 0 aliphatic heterocycles. The number of anilines is 1. The molecule has 0 bridgehead atoms. The number of nitrogens with zero attached hydrogens (tertiary/aromatic N) is 2. The number of thiophene rings is 1. The number of benzene rings is 1. The topological polar surface area (TPSA) is 46.9 Å². The molecule has 4 nitrogen and oxygen atoms in total. The van der Waals surface area contributed by atoms with Crippen molar-refractivity contribution in [3.05, 3.63) is 68.5 Å². The van der Waals surface area contributed by atoms with Crippen LogP contribution in [0.15, 0.2) is 48.0 Å². The quantitative estimate of drug-likeness (QED) is 0.749. The highest BCUT2D eigenvalue weighted by molar-refractivity contribution is 7.09. The number of hydrogen-bond acceptors (Lipinski definition) is 3. The number of hydrogen-bond donors (Lipinski definition) is 1. The van der Waals surface area contributed by atoms with Crippen LogP contribution < -0.4 is 5.32 Å². The molecule has 112 valence electrons. The van der Waals surface area contributed by atoms with Crippen LogP contribution in [0.1, 0.15) is 15.2 Å². The third kappa shape index (κ3) is 3.32. The van der Waals surface area contributed by atoms with Crippen molar-refractivity contribution in [2.75, 3.05) is 5.32 Å². The Kier molecular flexibility index (Phi) is 4.47. The lowest BCUT2D eigenvalue weighted by Crippen LogP contribution is -2.16. The normalized spacial score (nSPS) is 10.6. The maximum absolute atomic E-state index is 12.3. The first-order chi connectivity index (χ1) is 10.6. The second-order valence-corrected chi connectivity index (χ2v) is 6.38. The number of nitrogens with one attached hydrogen (secondary N) is 1. The van der Waals surface area contributed by atoms with E-state index in [1.165, 1.54) is 0 Å². The van der Waals surface area contributed by atoms with Gasteiger partial charge in [0.25, 0.3) is 5.91 Å². The Morgan fingerprint density at radius 3 is 2.82 bits per heavy atom. The molecule has 0 saturated carbocycles. The molecule has 2 heterocycles. The monoisotopic (exact) mass is 351 g/mol. The average Bonchev–Trinajstić information content (AvgIpc) is 3.15. The molecule has 0 atom stereocenters. The van der Waals surface area contributed by atoms with E-state index in [2.05, 4.69) is 10.4 Å². The summed E-state index contributed by atoms with van der Waals surface area (Å²) < 4.78 is 1.74. The minimum Gasteiger partial charge on any atom is -0.307 e. The average molecular weight is 352 g/mol. The van der Waals surface area contributed by atoms with E-state index in [-0.39, 0.29) is 5.91 Å². The third-order valence-electron chi connectivity index (χ3n) is 3.03. The fourth-order valence-corrected chi connectivity index (χ4v) is 2.92. The van der Waals surface area contributed by atoms with Gasteiger partial charge in [-0.05, 0) is 29.6 Å². The van der Waals surface area contributed by atoms with E-state index in [0.717, 1.165) is 4.88 Å². The van der Waals surface area contributed by atoms with Crippen molar-refractivity contribution < 1.29 is 4.79 Å². The van der Waals surface area contributed by atoms with E-state index in [9.17, 15) is 4.79 Å². The third-order valence-corrected chi connectivity index (χ3v) is 4.63. The number of aromatic nitrogens is 2. The van der Waals surface area contributed by atoms with E-state index in [1.54, 1.807) is 46.5 Å². The molecule has 0 saturated heterocycles. The summed E-state index contributed by atoms with van der Waals surface area (Å²) in [4.78, 5) is 13.4. The highest BCUT2D eigenvalue weighted by atomic mass is 35.5. The van der Waals surface area contributed by atoms with Crippen molar-refractivity contribution in [1.29, 1.82) is 0 Å². The zero-order valence-corrected chi connectivity index (χ0v) is 13.6. The molecular weight excluding hydrogens is 341 g/mol. The Morgan fingerprint density at radius 2 is 2.09 bits per heavy atom. The van der Waals surface area contributed by atoms with Crippen molar-refractivity contribution in [3.63, 3.8) is 0 Å². The Morgan fingerprint density at radius 1 is 1.23 bits per heavy atom. The predicted octanol–water partition coefficient (Wildman–Crippen LogP) is 4.55. The molecule has 0 fully saturated rings. The smallest absolute Gasteiger partial charge is 0.256 e. The van der Waals surface area contributed by atoms with Crippen LogP contribution in [0.2, 0.25) is 10.0 Å². The van der Waals surface area contributed by atoms with E-state index < -0.39 is 0 Å². The summed E-state index contributed by atoms with van der Waals surface area (Å²) in [7, 11) is 0. The molecule has 3 rings (SSSR count). The van der Waals surface area contributed by atoms with Crippen LogP contribution in [0.4, 0.5) is 5.82 Å². The standard InChI is InChI=1S/C15H11Cl2N3OS/c16-12-4-3-10(8-13(12)17)15(21)19-14-5-6-18-20(14)9-11-2-1-7-22-11/h1-8H,9H2,(H,19,21). The van der Waals surface area contributed by atoms with Gasteiger partial charge in [0.15, 0.2) is 0 Å². The minimum absolute atomic E-state index is 0.258. The fraction of sp³-hybridized carbons (Fsp3) is 0.0667. The van der Waals surface area contributed by atoms with Gasteiger partial charge in [0, 0.05) is 16.5 Å². The van der Waals surface area contributed by atoms with Gasteiger partial charge < -0.3 is 5.32 Å². The number of rotatable bonds is 4. The van der Waals surface area contributed by atoms with Crippen LogP contribution >= 0.6 is 34.5 Å². The molecule has 0 aliphatic rings. The molecule has 2 aromatic heterocycles. The molecule has 1 N–H and O–H groups in total. The van der Waals surface area contributed by atoms with Crippen LogP contribution in [0.25, 0.3) is 0 Å². The highest BCUT2D eigenvalue weighted by Gasteiger charge is 2.11. The summed E-state index contributed by atoms with van der Waals surface area (Å²) in [5, 5.41) is 9.83. The molecule has 0 unspecified atom stereocenters. The van der Waals surface area contributed by atoms with Crippen LogP contribution in [-0.2, 0) is 6.54 Å². The lowest BCUT2D eigenvalue weighted by atomic mass is 10.2. The largest absolute Gasteiger partial charge is 0.307 e. The second kappa shape index (κ2) is 6.52. The molecule has 22 heavy (non-hydrogen) atoms. The Hall–Kier alpha value is -1.82.